The quantitative estimate of drug-likeness (QED) is 0.838. The maximum atomic E-state index is 6.10. The van der Waals surface area contributed by atoms with Crippen molar-refractivity contribution in [3.05, 3.63) is 18.5 Å². The molecule has 0 aromatic carbocycles. The van der Waals surface area contributed by atoms with Crippen LogP contribution in [0.1, 0.15) is 39.0 Å². The Morgan fingerprint density at radius 2 is 2.11 bits per heavy atom. The van der Waals surface area contributed by atoms with Gasteiger partial charge < -0.3 is 5.73 Å². The van der Waals surface area contributed by atoms with E-state index in [4.69, 9.17) is 5.73 Å². The fraction of sp³-hybridized carbons (Fsp3) is 0.786. The van der Waals surface area contributed by atoms with Gasteiger partial charge >= 0.3 is 0 Å². The standard InChI is InChI=1S/C14H26N4/c1-2-17(11-12-18-10-6-9-16-18)14(13-15)7-4-3-5-8-14/h6,9-10H,2-5,7-8,11-13,15H2,1H3. The van der Waals surface area contributed by atoms with Gasteiger partial charge in [0.2, 0.25) is 0 Å². The molecule has 4 heteroatoms. The summed E-state index contributed by atoms with van der Waals surface area (Å²) in [4.78, 5) is 2.58. The zero-order valence-electron chi connectivity index (χ0n) is 11.5. The summed E-state index contributed by atoms with van der Waals surface area (Å²) in [6, 6.07) is 1.98. The molecule has 102 valence electrons. The van der Waals surface area contributed by atoms with Crippen LogP contribution < -0.4 is 5.73 Å². The predicted octanol–water partition coefficient (Wildman–Crippen LogP) is 1.87. The van der Waals surface area contributed by atoms with Gasteiger partial charge in [-0.15, -0.1) is 0 Å². The first-order chi connectivity index (χ1) is 8.80. The van der Waals surface area contributed by atoms with Crippen LogP contribution >= 0.6 is 0 Å². The van der Waals surface area contributed by atoms with Crippen LogP contribution in [0.2, 0.25) is 0 Å². The van der Waals surface area contributed by atoms with E-state index in [1.165, 1.54) is 32.1 Å². The number of nitrogens with two attached hydrogens (primary N) is 1. The van der Waals surface area contributed by atoms with E-state index >= 15 is 0 Å². The van der Waals surface area contributed by atoms with Crippen molar-refractivity contribution in [2.75, 3.05) is 19.6 Å². The predicted molar refractivity (Wildman–Crippen MR) is 74.3 cm³/mol. The molecule has 0 radical (unpaired) electrons. The number of hydrogen-bond donors (Lipinski definition) is 1. The number of rotatable bonds is 6. The lowest BCUT2D eigenvalue weighted by Gasteiger charge is -2.45. The molecule has 1 saturated carbocycles. The van der Waals surface area contributed by atoms with E-state index in [1.807, 2.05) is 23.1 Å². The third kappa shape index (κ3) is 2.93. The van der Waals surface area contributed by atoms with Crippen molar-refractivity contribution in [2.24, 2.45) is 5.73 Å². The molecule has 1 aromatic heterocycles. The van der Waals surface area contributed by atoms with E-state index < -0.39 is 0 Å². The Labute approximate surface area is 110 Å². The molecule has 2 N–H and O–H groups in total. The van der Waals surface area contributed by atoms with Crippen molar-refractivity contribution >= 4 is 0 Å². The molecule has 1 aliphatic carbocycles. The SMILES string of the molecule is CCN(CCn1cccn1)C1(CN)CCCCC1. The van der Waals surface area contributed by atoms with Gasteiger partial charge in [-0.3, -0.25) is 9.58 Å². The zero-order chi connectivity index (χ0) is 12.8. The van der Waals surface area contributed by atoms with Crippen molar-refractivity contribution in [2.45, 2.75) is 51.1 Å². The molecule has 0 atom stereocenters. The summed E-state index contributed by atoms with van der Waals surface area (Å²) in [5.74, 6) is 0. The van der Waals surface area contributed by atoms with Gasteiger partial charge in [-0.1, -0.05) is 26.2 Å². The monoisotopic (exact) mass is 250 g/mol. The van der Waals surface area contributed by atoms with Crippen LogP contribution in [0.4, 0.5) is 0 Å². The molecule has 1 heterocycles. The van der Waals surface area contributed by atoms with E-state index in [9.17, 15) is 0 Å². The molecule has 18 heavy (non-hydrogen) atoms. The molecule has 0 amide bonds. The Morgan fingerprint density at radius 1 is 1.33 bits per heavy atom. The van der Waals surface area contributed by atoms with E-state index in [1.54, 1.807) is 0 Å². The highest BCUT2D eigenvalue weighted by Crippen LogP contribution is 2.32. The van der Waals surface area contributed by atoms with Crippen molar-refractivity contribution in [3.63, 3.8) is 0 Å². The molecular weight excluding hydrogens is 224 g/mol. The van der Waals surface area contributed by atoms with Crippen molar-refractivity contribution in [1.29, 1.82) is 0 Å². The first-order valence-corrected chi connectivity index (χ1v) is 7.23. The van der Waals surface area contributed by atoms with Crippen LogP contribution in [0, 0.1) is 0 Å². The van der Waals surface area contributed by atoms with Crippen molar-refractivity contribution in [1.82, 2.24) is 14.7 Å². The summed E-state index contributed by atoms with van der Waals surface area (Å²) in [5, 5.41) is 4.27. The molecule has 0 bridgehead atoms. The summed E-state index contributed by atoms with van der Waals surface area (Å²) in [6.45, 7) is 6.13. The average molecular weight is 250 g/mol. The van der Waals surface area contributed by atoms with Gasteiger partial charge in [-0.2, -0.15) is 5.10 Å². The van der Waals surface area contributed by atoms with E-state index in [0.29, 0.717) is 0 Å². The summed E-state index contributed by atoms with van der Waals surface area (Å²) in [6.07, 6.45) is 10.4. The van der Waals surface area contributed by atoms with Crippen LogP contribution in [0.15, 0.2) is 18.5 Å². The minimum atomic E-state index is 0.250. The number of hydrogen-bond acceptors (Lipinski definition) is 3. The minimum Gasteiger partial charge on any atom is -0.329 e. The Morgan fingerprint density at radius 3 is 2.67 bits per heavy atom. The van der Waals surface area contributed by atoms with E-state index in [2.05, 4.69) is 16.9 Å². The lowest BCUT2D eigenvalue weighted by Crippen LogP contribution is -2.55. The lowest BCUT2D eigenvalue weighted by molar-refractivity contribution is 0.0577. The summed E-state index contributed by atoms with van der Waals surface area (Å²) in [5.41, 5.74) is 6.35. The fourth-order valence-electron chi connectivity index (χ4n) is 3.25. The highest BCUT2D eigenvalue weighted by Gasteiger charge is 2.35. The van der Waals surface area contributed by atoms with E-state index in [-0.39, 0.29) is 5.54 Å². The molecule has 1 fully saturated rings. The largest absolute Gasteiger partial charge is 0.329 e. The fourth-order valence-corrected chi connectivity index (χ4v) is 3.25. The second-order valence-corrected chi connectivity index (χ2v) is 5.34. The summed E-state index contributed by atoms with van der Waals surface area (Å²) < 4.78 is 2.01. The second-order valence-electron chi connectivity index (χ2n) is 5.34. The Bertz CT molecular complexity index is 328. The Hall–Kier alpha value is -0.870. The van der Waals surface area contributed by atoms with Crippen molar-refractivity contribution < 1.29 is 0 Å². The third-order valence-corrected chi connectivity index (χ3v) is 4.37. The van der Waals surface area contributed by atoms with Crippen LogP contribution in [-0.2, 0) is 6.54 Å². The molecule has 0 unspecified atom stereocenters. The maximum Gasteiger partial charge on any atom is 0.0536 e. The van der Waals surface area contributed by atoms with Gasteiger partial charge in [0.25, 0.3) is 0 Å². The molecular formula is C14H26N4. The second kappa shape index (κ2) is 6.34. The molecule has 0 saturated heterocycles. The third-order valence-electron chi connectivity index (χ3n) is 4.37. The van der Waals surface area contributed by atoms with Crippen molar-refractivity contribution in [3.8, 4) is 0 Å². The topological polar surface area (TPSA) is 47.1 Å². The highest BCUT2D eigenvalue weighted by atomic mass is 15.3. The summed E-state index contributed by atoms with van der Waals surface area (Å²) >= 11 is 0. The zero-order valence-corrected chi connectivity index (χ0v) is 11.5. The normalized spacial score (nSPS) is 19.3. The van der Waals surface area contributed by atoms with E-state index in [0.717, 1.165) is 26.2 Å². The number of likely N-dealkylation sites (N-methyl/N-ethyl adjacent to an activating group) is 1. The van der Waals surface area contributed by atoms with Gasteiger partial charge in [-0.05, 0) is 25.5 Å². The Balaban J connectivity index is 1.97. The Kier molecular flexibility index (Phi) is 4.78. The van der Waals surface area contributed by atoms with Gasteiger partial charge in [0.05, 0.1) is 6.54 Å². The average Bonchev–Trinajstić information content (AvgIpc) is 2.93. The smallest absolute Gasteiger partial charge is 0.0536 e. The molecule has 1 aromatic rings. The first-order valence-electron chi connectivity index (χ1n) is 7.23. The summed E-state index contributed by atoms with van der Waals surface area (Å²) in [7, 11) is 0. The van der Waals surface area contributed by atoms with Gasteiger partial charge in [0.15, 0.2) is 0 Å². The van der Waals surface area contributed by atoms with Gasteiger partial charge in [0, 0.05) is 31.0 Å². The minimum absolute atomic E-state index is 0.250. The van der Waals surface area contributed by atoms with Gasteiger partial charge in [0.1, 0.15) is 0 Å². The molecule has 1 aliphatic rings. The maximum absolute atomic E-state index is 6.10. The van der Waals surface area contributed by atoms with Crippen LogP contribution in [0.5, 0.6) is 0 Å². The van der Waals surface area contributed by atoms with Crippen LogP contribution in [0.25, 0.3) is 0 Å². The number of nitrogens with zero attached hydrogens (tertiary/aromatic N) is 3. The first kappa shape index (κ1) is 13.6. The molecule has 2 rings (SSSR count). The molecule has 0 aliphatic heterocycles. The highest BCUT2D eigenvalue weighted by molar-refractivity contribution is 4.94. The van der Waals surface area contributed by atoms with Gasteiger partial charge in [-0.25, -0.2) is 0 Å². The van der Waals surface area contributed by atoms with Crippen LogP contribution in [-0.4, -0.2) is 39.9 Å². The lowest BCUT2D eigenvalue weighted by atomic mass is 9.80. The van der Waals surface area contributed by atoms with Crippen LogP contribution in [0.3, 0.4) is 0 Å². The molecule has 4 nitrogen and oxygen atoms in total. The molecule has 0 spiro atoms. The number of aromatic nitrogens is 2.